The molecule has 76 valence electrons. The summed E-state index contributed by atoms with van der Waals surface area (Å²) in [6.07, 6.45) is 3.32. The van der Waals surface area contributed by atoms with E-state index in [1.165, 1.54) is 16.7 Å². The second-order valence-electron chi connectivity index (χ2n) is 3.71. The minimum atomic E-state index is 0.618. The van der Waals surface area contributed by atoms with Crippen LogP contribution in [0, 0.1) is 6.92 Å². The summed E-state index contributed by atoms with van der Waals surface area (Å²) in [5.74, 6) is 0. The molecule has 1 atom stereocenters. The van der Waals surface area contributed by atoms with Crippen molar-refractivity contribution < 1.29 is 4.74 Å². The molecule has 1 aromatic carbocycles. The van der Waals surface area contributed by atoms with Crippen LogP contribution in [-0.2, 0) is 11.3 Å². The van der Waals surface area contributed by atoms with Crippen LogP contribution in [0.1, 0.15) is 28.4 Å². The van der Waals surface area contributed by atoms with Crippen molar-refractivity contribution in [2.24, 2.45) is 0 Å². The zero-order valence-corrected chi connectivity index (χ0v) is 9.56. The Bertz CT molecular complexity index is 322. The highest BCUT2D eigenvalue weighted by Gasteiger charge is 2.18. The number of hydrogen-bond acceptors (Lipinski definition) is 2. The summed E-state index contributed by atoms with van der Waals surface area (Å²) in [5.41, 5.74) is 4.25. The molecular formula is C12H16OS. The van der Waals surface area contributed by atoms with Crippen LogP contribution in [0.25, 0.3) is 0 Å². The topological polar surface area (TPSA) is 9.23 Å². The Hall–Kier alpha value is -0.470. The molecule has 0 spiro atoms. The predicted octanol–water partition coefficient (Wildman–Crippen LogP) is 3.32. The predicted molar refractivity (Wildman–Crippen MR) is 61.7 cm³/mol. The Balaban J connectivity index is 2.44. The van der Waals surface area contributed by atoms with Gasteiger partial charge in [-0.3, -0.25) is 0 Å². The van der Waals surface area contributed by atoms with Gasteiger partial charge in [-0.1, -0.05) is 18.2 Å². The third-order valence-corrected chi connectivity index (χ3v) is 3.91. The molecule has 0 bridgehead atoms. The summed E-state index contributed by atoms with van der Waals surface area (Å²) in [6.45, 7) is 3.85. The summed E-state index contributed by atoms with van der Waals surface area (Å²) < 4.78 is 5.62. The molecule has 1 nitrogen and oxygen atoms in total. The smallest absolute Gasteiger partial charge is 0.0722 e. The van der Waals surface area contributed by atoms with Crippen molar-refractivity contribution in [3.63, 3.8) is 0 Å². The number of rotatable bonds is 1. The second-order valence-corrected chi connectivity index (χ2v) is 4.75. The first kappa shape index (κ1) is 10.1. The quantitative estimate of drug-likeness (QED) is 0.700. The van der Waals surface area contributed by atoms with E-state index in [0.29, 0.717) is 5.25 Å². The van der Waals surface area contributed by atoms with Crippen molar-refractivity contribution in [3.05, 3.63) is 34.9 Å². The van der Waals surface area contributed by atoms with Crippen LogP contribution >= 0.6 is 11.8 Å². The SMILES string of the molecule is CSC1CCOCc2c(C)cccc21. The van der Waals surface area contributed by atoms with E-state index < -0.39 is 0 Å². The zero-order chi connectivity index (χ0) is 9.97. The molecular weight excluding hydrogens is 192 g/mol. The number of ether oxygens (including phenoxy) is 1. The fourth-order valence-electron chi connectivity index (χ4n) is 1.99. The van der Waals surface area contributed by atoms with Crippen LogP contribution < -0.4 is 0 Å². The van der Waals surface area contributed by atoms with Crippen molar-refractivity contribution in [1.82, 2.24) is 0 Å². The van der Waals surface area contributed by atoms with Crippen LogP contribution in [-0.4, -0.2) is 12.9 Å². The minimum Gasteiger partial charge on any atom is -0.377 e. The molecule has 0 saturated heterocycles. The number of fused-ring (bicyclic) bond motifs is 1. The summed E-state index contributed by atoms with van der Waals surface area (Å²) in [7, 11) is 0. The van der Waals surface area contributed by atoms with Crippen LogP contribution in [0.4, 0.5) is 0 Å². The first-order valence-electron chi connectivity index (χ1n) is 5.02. The maximum absolute atomic E-state index is 5.62. The van der Waals surface area contributed by atoms with E-state index in [9.17, 15) is 0 Å². The molecule has 0 aliphatic carbocycles. The van der Waals surface area contributed by atoms with Gasteiger partial charge in [0.2, 0.25) is 0 Å². The monoisotopic (exact) mass is 208 g/mol. The highest BCUT2D eigenvalue weighted by atomic mass is 32.2. The maximum Gasteiger partial charge on any atom is 0.0722 e. The lowest BCUT2D eigenvalue weighted by Crippen LogP contribution is -1.98. The number of hydrogen-bond donors (Lipinski definition) is 0. The standard InChI is InChI=1S/C12H16OS/c1-9-4-3-5-10-11(9)8-13-7-6-12(10)14-2/h3-5,12H,6-8H2,1-2H3. The molecule has 0 saturated carbocycles. The van der Waals surface area contributed by atoms with Gasteiger partial charge in [-0.15, -0.1) is 0 Å². The Morgan fingerprint density at radius 2 is 2.29 bits per heavy atom. The number of thioether (sulfide) groups is 1. The van der Waals surface area contributed by atoms with E-state index in [-0.39, 0.29) is 0 Å². The summed E-state index contributed by atoms with van der Waals surface area (Å²) in [4.78, 5) is 0. The van der Waals surface area contributed by atoms with Crippen LogP contribution in [0.15, 0.2) is 18.2 Å². The molecule has 0 amide bonds. The van der Waals surface area contributed by atoms with Crippen molar-refractivity contribution in [2.75, 3.05) is 12.9 Å². The van der Waals surface area contributed by atoms with Crippen LogP contribution in [0.5, 0.6) is 0 Å². The van der Waals surface area contributed by atoms with Gasteiger partial charge in [-0.05, 0) is 36.3 Å². The van der Waals surface area contributed by atoms with Crippen LogP contribution in [0.2, 0.25) is 0 Å². The molecule has 1 unspecified atom stereocenters. The summed E-state index contributed by atoms with van der Waals surface area (Å²) in [5, 5.41) is 0.618. The van der Waals surface area contributed by atoms with Gasteiger partial charge in [0.15, 0.2) is 0 Å². The average Bonchev–Trinajstić information content (AvgIpc) is 2.40. The van der Waals surface area contributed by atoms with E-state index in [2.05, 4.69) is 31.4 Å². The molecule has 0 aromatic heterocycles. The lowest BCUT2D eigenvalue weighted by Gasteiger charge is -2.15. The third-order valence-electron chi connectivity index (χ3n) is 2.85. The van der Waals surface area contributed by atoms with E-state index >= 15 is 0 Å². The molecule has 2 rings (SSSR count). The lowest BCUT2D eigenvalue weighted by molar-refractivity contribution is 0.124. The van der Waals surface area contributed by atoms with E-state index in [4.69, 9.17) is 4.74 Å². The molecule has 14 heavy (non-hydrogen) atoms. The normalized spacial score (nSPS) is 21.4. The van der Waals surface area contributed by atoms with E-state index in [0.717, 1.165) is 19.6 Å². The van der Waals surface area contributed by atoms with Gasteiger partial charge in [-0.25, -0.2) is 0 Å². The van der Waals surface area contributed by atoms with E-state index in [1.54, 1.807) is 0 Å². The summed E-state index contributed by atoms with van der Waals surface area (Å²) >= 11 is 1.93. The Labute approximate surface area is 89.9 Å². The van der Waals surface area contributed by atoms with Gasteiger partial charge in [0.25, 0.3) is 0 Å². The molecule has 1 heterocycles. The molecule has 2 heteroatoms. The zero-order valence-electron chi connectivity index (χ0n) is 8.75. The van der Waals surface area contributed by atoms with E-state index in [1.807, 2.05) is 11.8 Å². The third kappa shape index (κ3) is 1.82. The second kappa shape index (κ2) is 4.37. The van der Waals surface area contributed by atoms with Gasteiger partial charge < -0.3 is 4.74 Å². The molecule has 0 radical (unpaired) electrons. The van der Waals surface area contributed by atoms with Gasteiger partial charge in [0.1, 0.15) is 0 Å². The van der Waals surface area contributed by atoms with Crippen molar-refractivity contribution >= 4 is 11.8 Å². The molecule has 1 aliphatic rings. The molecule has 0 N–H and O–H groups in total. The Kier molecular flexibility index (Phi) is 3.14. The van der Waals surface area contributed by atoms with Crippen molar-refractivity contribution in [2.45, 2.75) is 25.2 Å². The molecule has 1 aromatic rings. The first-order valence-corrected chi connectivity index (χ1v) is 6.30. The lowest BCUT2D eigenvalue weighted by atomic mass is 9.99. The highest BCUT2D eigenvalue weighted by molar-refractivity contribution is 7.98. The summed E-state index contributed by atoms with van der Waals surface area (Å²) in [6, 6.07) is 6.58. The van der Waals surface area contributed by atoms with Gasteiger partial charge in [0.05, 0.1) is 6.61 Å². The van der Waals surface area contributed by atoms with Gasteiger partial charge in [0, 0.05) is 11.9 Å². The highest BCUT2D eigenvalue weighted by Crippen LogP contribution is 2.35. The van der Waals surface area contributed by atoms with Crippen LogP contribution in [0.3, 0.4) is 0 Å². The first-order chi connectivity index (χ1) is 6.83. The fraction of sp³-hybridized carbons (Fsp3) is 0.500. The fourth-order valence-corrected chi connectivity index (χ4v) is 2.80. The average molecular weight is 208 g/mol. The van der Waals surface area contributed by atoms with Gasteiger partial charge >= 0.3 is 0 Å². The number of benzene rings is 1. The number of aryl methyl sites for hydroxylation is 1. The maximum atomic E-state index is 5.62. The molecule has 0 fully saturated rings. The largest absolute Gasteiger partial charge is 0.377 e. The minimum absolute atomic E-state index is 0.618. The van der Waals surface area contributed by atoms with Gasteiger partial charge in [-0.2, -0.15) is 11.8 Å². The van der Waals surface area contributed by atoms with Crippen molar-refractivity contribution in [1.29, 1.82) is 0 Å². The van der Waals surface area contributed by atoms with Crippen molar-refractivity contribution in [3.8, 4) is 0 Å². The Morgan fingerprint density at radius 3 is 3.07 bits per heavy atom. The Morgan fingerprint density at radius 1 is 1.43 bits per heavy atom. The molecule has 1 aliphatic heterocycles.